The van der Waals surface area contributed by atoms with E-state index in [1.165, 1.54) is 11.3 Å². The summed E-state index contributed by atoms with van der Waals surface area (Å²) >= 11 is 1.28. The summed E-state index contributed by atoms with van der Waals surface area (Å²) in [5.74, 6) is 2.08. The van der Waals surface area contributed by atoms with Gasteiger partial charge in [0.05, 0.1) is 9.75 Å². The number of unbranched alkanes of at least 4 members (excludes halogenated alkanes) is 1. The molecular weight excluding hydrogens is 262 g/mol. The third-order valence-electron chi connectivity index (χ3n) is 2.53. The largest absolute Gasteiger partial charge is 0.288 e. The number of aryl methyl sites for hydroxylation is 1. The number of carbonyl (C=O) groups is 1. The standard InChI is InChI=1S/C13H13N3O2S/c1-2-3-4-8-16-9-7-10(14-16)11-5-6-12(19-11)13(17)15-18/h1,5-7,9,18H,3-4,8H2,(H,15,17). The molecule has 0 unspecified atom stereocenters. The number of terminal acetylenes is 1. The number of aromatic nitrogens is 2. The van der Waals surface area contributed by atoms with E-state index < -0.39 is 5.91 Å². The van der Waals surface area contributed by atoms with Crippen molar-refractivity contribution in [1.29, 1.82) is 0 Å². The zero-order valence-corrected chi connectivity index (χ0v) is 11.0. The van der Waals surface area contributed by atoms with Crippen LogP contribution in [0.15, 0.2) is 24.4 Å². The molecule has 0 aliphatic carbocycles. The molecule has 0 aromatic carbocycles. The highest BCUT2D eigenvalue weighted by Gasteiger charge is 2.10. The third kappa shape index (κ3) is 3.22. The Morgan fingerprint density at radius 2 is 2.37 bits per heavy atom. The van der Waals surface area contributed by atoms with Crippen LogP contribution >= 0.6 is 11.3 Å². The molecule has 2 aromatic rings. The Hall–Kier alpha value is -2.10. The maximum Gasteiger partial charge on any atom is 0.284 e. The Balaban J connectivity index is 2.08. The summed E-state index contributed by atoms with van der Waals surface area (Å²) in [6.07, 6.45) is 8.70. The molecule has 2 heterocycles. The second-order valence-electron chi connectivity index (χ2n) is 3.88. The molecule has 0 spiro atoms. The van der Waals surface area contributed by atoms with Crippen LogP contribution in [0.4, 0.5) is 0 Å². The Bertz CT molecular complexity index is 609. The van der Waals surface area contributed by atoms with Crippen LogP contribution in [0.1, 0.15) is 22.5 Å². The molecule has 0 aliphatic heterocycles. The number of hydrogen-bond acceptors (Lipinski definition) is 4. The fourth-order valence-corrected chi connectivity index (χ4v) is 2.47. The van der Waals surface area contributed by atoms with Crippen LogP contribution in [-0.2, 0) is 6.54 Å². The number of carbonyl (C=O) groups excluding carboxylic acids is 1. The number of hydroxylamine groups is 1. The quantitative estimate of drug-likeness (QED) is 0.380. The zero-order chi connectivity index (χ0) is 13.7. The predicted octanol–water partition coefficient (Wildman–Crippen LogP) is 2.14. The molecule has 2 aromatic heterocycles. The molecule has 1 amide bonds. The molecule has 2 N–H and O–H groups in total. The fourth-order valence-electron chi connectivity index (χ4n) is 1.61. The monoisotopic (exact) mass is 275 g/mol. The van der Waals surface area contributed by atoms with Gasteiger partial charge in [-0.25, -0.2) is 5.48 Å². The molecule has 0 radical (unpaired) electrons. The summed E-state index contributed by atoms with van der Waals surface area (Å²) in [6.45, 7) is 0.777. The van der Waals surface area contributed by atoms with Crippen molar-refractivity contribution in [3.05, 3.63) is 29.3 Å². The first-order valence-electron chi connectivity index (χ1n) is 5.76. The van der Waals surface area contributed by atoms with Gasteiger partial charge in [0.25, 0.3) is 5.91 Å². The number of hydrogen-bond donors (Lipinski definition) is 2. The molecule has 19 heavy (non-hydrogen) atoms. The van der Waals surface area contributed by atoms with Crippen molar-refractivity contribution in [2.45, 2.75) is 19.4 Å². The van der Waals surface area contributed by atoms with Crippen LogP contribution in [0.3, 0.4) is 0 Å². The number of amides is 1. The summed E-state index contributed by atoms with van der Waals surface area (Å²) in [4.78, 5) is 12.6. The van der Waals surface area contributed by atoms with Crippen LogP contribution < -0.4 is 5.48 Å². The van der Waals surface area contributed by atoms with E-state index in [0.29, 0.717) is 4.88 Å². The molecule has 98 valence electrons. The minimum absolute atomic E-state index is 0.444. The number of nitrogens with zero attached hydrogens (tertiary/aromatic N) is 2. The van der Waals surface area contributed by atoms with E-state index in [0.717, 1.165) is 30.0 Å². The highest BCUT2D eigenvalue weighted by Crippen LogP contribution is 2.26. The first-order chi connectivity index (χ1) is 9.24. The molecule has 2 rings (SSSR count). The van der Waals surface area contributed by atoms with Crippen LogP contribution in [0.5, 0.6) is 0 Å². The third-order valence-corrected chi connectivity index (χ3v) is 3.64. The number of rotatable bonds is 5. The molecule has 0 bridgehead atoms. The maximum atomic E-state index is 11.2. The minimum atomic E-state index is -0.510. The zero-order valence-electron chi connectivity index (χ0n) is 10.2. The molecule has 0 atom stereocenters. The van der Waals surface area contributed by atoms with E-state index in [2.05, 4.69) is 11.0 Å². The summed E-state index contributed by atoms with van der Waals surface area (Å²) in [6, 6.07) is 5.36. The Kier molecular flexibility index (Phi) is 4.34. The summed E-state index contributed by atoms with van der Waals surface area (Å²) in [5.41, 5.74) is 2.42. The lowest BCUT2D eigenvalue weighted by atomic mass is 10.3. The van der Waals surface area contributed by atoms with Crippen LogP contribution in [0.25, 0.3) is 10.6 Å². The predicted molar refractivity (Wildman–Crippen MR) is 72.9 cm³/mol. The smallest absolute Gasteiger partial charge is 0.284 e. The van der Waals surface area contributed by atoms with Gasteiger partial charge in [0.2, 0.25) is 0 Å². The van der Waals surface area contributed by atoms with Crippen LogP contribution in [0.2, 0.25) is 0 Å². The van der Waals surface area contributed by atoms with Crippen molar-refractivity contribution in [3.8, 4) is 22.9 Å². The Labute approximate surface area is 114 Å². The van der Waals surface area contributed by atoms with Gasteiger partial charge in [-0.1, -0.05) is 0 Å². The molecule has 0 aliphatic rings. The van der Waals surface area contributed by atoms with Gasteiger partial charge in [0.1, 0.15) is 5.69 Å². The Morgan fingerprint density at radius 3 is 3.11 bits per heavy atom. The molecule has 0 saturated heterocycles. The van der Waals surface area contributed by atoms with Gasteiger partial charge >= 0.3 is 0 Å². The van der Waals surface area contributed by atoms with Crippen molar-refractivity contribution in [3.63, 3.8) is 0 Å². The Morgan fingerprint density at radius 1 is 1.53 bits per heavy atom. The molecule has 0 saturated carbocycles. The molecular formula is C13H13N3O2S. The van der Waals surface area contributed by atoms with Crippen LogP contribution in [0, 0.1) is 12.3 Å². The van der Waals surface area contributed by atoms with E-state index in [-0.39, 0.29) is 0 Å². The highest BCUT2D eigenvalue weighted by atomic mass is 32.1. The van der Waals surface area contributed by atoms with Gasteiger partial charge in [-0.2, -0.15) is 5.10 Å². The van der Waals surface area contributed by atoms with Crippen LogP contribution in [-0.4, -0.2) is 20.9 Å². The van der Waals surface area contributed by atoms with Crippen molar-refractivity contribution in [1.82, 2.24) is 15.3 Å². The molecule has 5 nitrogen and oxygen atoms in total. The van der Waals surface area contributed by atoms with Crippen molar-refractivity contribution in [2.24, 2.45) is 0 Å². The van der Waals surface area contributed by atoms with E-state index in [9.17, 15) is 4.79 Å². The SMILES string of the molecule is C#CCCCn1ccc(-c2ccc(C(=O)NO)s2)n1. The second-order valence-corrected chi connectivity index (χ2v) is 4.96. The fraction of sp³-hybridized carbons (Fsp3) is 0.231. The lowest BCUT2D eigenvalue weighted by Gasteiger charge is -1.97. The topological polar surface area (TPSA) is 67.2 Å². The first kappa shape index (κ1) is 13.3. The summed E-state index contributed by atoms with van der Waals surface area (Å²) in [7, 11) is 0. The lowest BCUT2D eigenvalue weighted by molar-refractivity contribution is 0.0711. The van der Waals surface area contributed by atoms with E-state index in [1.807, 2.05) is 23.0 Å². The van der Waals surface area contributed by atoms with Crippen molar-refractivity contribution in [2.75, 3.05) is 0 Å². The summed E-state index contributed by atoms with van der Waals surface area (Å²) < 4.78 is 1.83. The molecule has 0 fully saturated rings. The number of nitrogens with one attached hydrogen (secondary N) is 1. The second kappa shape index (κ2) is 6.18. The van der Waals surface area contributed by atoms with Crippen molar-refractivity contribution < 1.29 is 10.0 Å². The van der Waals surface area contributed by atoms with Crippen molar-refractivity contribution >= 4 is 17.2 Å². The molecule has 6 heteroatoms. The van der Waals surface area contributed by atoms with Gasteiger partial charge in [0.15, 0.2) is 0 Å². The normalized spacial score (nSPS) is 10.1. The lowest BCUT2D eigenvalue weighted by Crippen LogP contribution is -2.16. The van der Waals surface area contributed by atoms with Gasteiger partial charge < -0.3 is 0 Å². The maximum absolute atomic E-state index is 11.2. The minimum Gasteiger partial charge on any atom is -0.288 e. The first-order valence-corrected chi connectivity index (χ1v) is 6.58. The average molecular weight is 275 g/mol. The van der Waals surface area contributed by atoms with E-state index >= 15 is 0 Å². The van der Waals surface area contributed by atoms with Gasteiger partial charge in [-0.05, 0) is 24.6 Å². The average Bonchev–Trinajstić information content (AvgIpc) is 3.06. The summed E-state index contributed by atoms with van der Waals surface area (Å²) in [5, 5.41) is 13.0. The van der Waals surface area contributed by atoms with Gasteiger partial charge in [-0.15, -0.1) is 23.7 Å². The van der Waals surface area contributed by atoms with E-state index in [1.54, 1.807) is 11.5 Å². The highest BCUT2D eigenvalue weighted by molar-refractivity contribution is 7.17. The van der Waals surface area contributed by atoms with Gasteiger partial charge in [-0.3, -0.25) is 14.7 Å². The van der Waals surface area contributed by atoms with Gasteiger partial charge in [0, 0.05) is 19.2 Å². The number of thiophene rings is 1. The van der Waals surface area contributed by atoms with E-state index in [4.69, 9.17) is 11.6 Å².